The minimum atomic E-state index is -0.773. The van der Waals surface area contributed by atoms with Gasteiger partial charge in [-0.15, -0.1) is 0 Å². The number of nitrogens with one attached hydrogen (secondary N) is 3. The van der Waals surface area contributed by atoms with Crippen LogP contribution in [-0.4, -0.2) is 26.6 Å². The molecule has 1 aliphatic carbocycles. The molecule has 0 saturated heterocycles. The molecule has 0 radical (unpaired) electrons. The van der Waals surface area contributed by atoms with Gasteiger partial charge in [0, 0.05) is 10.8 Å². The molecular formula is C29H18N4O3. The van der Waals surface area contributed by atoms with E-state index in [2.05, 4.69) is 20.6 Å². The number of anilines is 2. The van der Waals surface area contributed by atoms with E-state index in [0.29, 0.717) is 11.6 Å². The van der Waals surface area contributed by atoms with Crippen molar-refractivity contribution >= 4 is 61.6 Å². The van der Waals surface area contributed by atoms with E-state index in [-0.39, 0.29) is 16.9 Å². The highest BCUT2D eigenvalue weighted by Gasteiger charge is 2.36. The summed E-state index contributed by atoms with van der Waals surface area (Å²) in [6, 6.07) is 23.7. The number of hydrogen-bond acceptors (Lipinski definition) is 6. The van der Waals surface area contributed by atoms with Crippen molar-refractivity contribution in [3.63, 3.8) is 0 Å². The van der Waals surface area contributed by atoms with Gasteiger partial charge in [-0.1, -0.05) is 60.7 Å². The molecular weight excluding hydrogens is 452 g/mol. The highest BCUT2D eigenvalue weighted by Crippen LogP contribution is 2.38. The Morgan fingerprint density at radius 3 is 2.31 bits per heavy atom. The van der Waals surface area contributed by atoms with Gasteiger partial charge in [0.25, 0.3) is 0 Å². The topological polar surface area (TPSA) is 107 Å². The summed E-state index contributed by atoms with van der Waals surface area (Å²) in [5, 5.41) is 21.5. The lowest BCUT2D eigenvalue weighted by molar-refractivity contribution is -0.131. The third kappa shape index (κ3) is 2.96. The maximum absolute atomic E-state index is 12.8. The van der Waals surface area contributed by atoms with E-state index < -0.39 is 11.6 Å². The zero-order valence-corrected chi connectivity index (χ0v) is 18.8. The first-order chi connectivity index (χ1) is 17.6. The number of Topliss-reactive ketones (excluding diaryl/α,β-unsaturated/α-hetero) is 2. The number of allylic oxidation sites excluding steroid dienone is 3. The van der Waals surface area contributed by atoms with E-state index in [1.807, 2.05) is 72.8 Å². The summed E-state index contributed by atoms with van der Waals surface area (Å²) in [5.74, 6) is -1.02. The van der Waals surface area contributed by atoms with Crippen LogP contribution in [0.25, 0.3) is 38.7 Å². The van der Waals surface area contributed by atoms with E-state index >= 15 is 0 Å². The Balaban J connectivity index is 1.27. The molecule has 172 valence electrons. The zero-order chi connectivity index (χ0) is 24.4. The molecule has 4 N–H and O–H groups in total. The molecule has 0 amide bonds. The van der Waals surface area contributed by atoms with E-state index in [4.69, 9.17) is 0 Å². The van der Waals surface area contributed by atoms with Crippen LogP contribution in [0.2, 0.25) is 0 Å². The fourth-order valence-corrected chi connectivity index (χ4v) is 4.89. The summed E-state index contributed by atoms with van der Waals surface area (Å²) >= 11 is 0. The summed E-state index contributed by atoms with van der Waals surface area (Å²) in [5.41, 5.74) is 3.12. The summed E-state index contributed by atoms with van der Waals surface area (Å²) in [7, 11) is 0. The smallest absolute Gasteiger partial charge is 0.237 e. The Bertz CT molecular complexity index is 1890. The summed E-state index contributed by atoms with van der Waals surface area (Å²) < 4.78 is 0. The largest absolute Gasteiger partial charge is 0.506 e. The molecule has 1 aliphatic heterocycles. The number of hydrogen-bond donors (Lipinski definition) is 4. The van der Waals surface area contributed by atoms with Gasteiger partial charge in [-0.3, -0.25) is 9.59 Å². The monoisotopic (exact) mass is 470 g/mol. The van der Waals surface area contributed by atoms with Crippen molar-refractivity contribution in [3.05, 3.63) is 107 Å². The number of aliphatic hydroxyl groups is 1. The van der Waals surface area contributed by atoms with Crippen LogP contribution in [0.3, 0.4) is 0 Å². The zero-order valence-electron chi connectivity index (χ0n) is 18.8. The third-order valence-corrected chi connectivity index (χ3v) is 6.63. The van der Waals surface area contributed by atoms with Crippen LogP contribution in [-0.2, 0) is 9.59 Å². The summed E-state index contributed by atoms with van der Waals surface area (Å²) in [6.45, 7) is 0. The predicted octanol–water partition coefficient (Wildman–Crippen LogP) is 5.60. The lowest BCUT2D eigenvalue weighted by atomic mass is 10.1. The average molecular weight is 470 g/mol. The minimum Gasteiger partial charge on any atom is -0.506 e. The molecule has 0 atom stereocenters. The van der Waals surface area contributed by atoms with Gasteiger partial charge in [0.05, 0.1) is 33.6 Å². The number of carbonyl (C=O) groups is 2. The summed E-state index contributed by atoms with van der Waals surface area (Å²) in [6.07, 6.45) is 2.89. The van der Waals surface area contributed by atoms with Crippen LogP contribution in [0.1, 0.15) is 5.82 Å². The second-order valence-corrected chi connectivity index (χ2v) is 8.80. The van der Waals surface area contributed by atoms with Crippen molar-refractivity contribution in [2.45, 2.75) is 0 Å². The SMILES string of the molecule is O=C1C(=O)/C(=C\c2nc3ccc4ccccc4c3[nH]2)C(O)=C1/C=C1\Nc2ccc3ccccc3c2N1. The Hall–Kier alpha value is -5.17. The minimum absolute atomic E-state index is 0.0695. The highest BCUT2D eigenvalue weighted by atomic mass is 16.3. The third-order valence-electron chi connectivity index (χ3n) is 6.63. The Morgan fingerprint density at radius 1 is 0.750 bits per heavy atom. The van der Waals surface area contributed by atoms with Crippen molar-refractivity contribution in [1.29, 1.82) is 0 Å². The van der Waals surface area contributed by atoms with E-state index in [9.17, 15) is 14.7 Å². The number of aromatic amines is 1. The van der Waals surface area contributed by atoms with Crippen molar-refractivity contribution in [3.8, 4) is 0 Å². The van der Waals surface area contributed by atoms with Crippen molar-refractivity contribution in [1.82, 2.24) is 9.97 Å². The molecule has 36 heavy (non-hydrogen) atoms. The lowest BCUT2D eigenvalue weighted by Crippen LogP contribution is -2.10. The van der Waals surface area contributed by atoms with Gasteiger partial charge in [-0.25, -0.2) is 4.98 Å². The number of benzene rings is 4. The quantitative estimate of drug-likeness (QED) is 0.198. The first-order valence-corrected chi connectivity index (χ1v) is 11.5. The Morgan fingerprint density at radius 2 is 1.47 bits per heavy atom. The molecule has 1 aromatic heterocycles. The number of H-pyrrole nitrogens is 1. The van der Waals surface area contributed by atoms with Crippen LogP contribution in [0.15, 0.2) is 102 Å². The predicted molar refractivity (Wildman–Crippen MR) is 141 cm³/mol. The van der Waals surface area contributed by atoms with Crippen LogP contribution < -0.4 is 10.6 Å². The molecule has 5 aromatic rings. The fourth-order valence-electron chi connectivity index (χ4n) is 4.89. The lowest BCUT2D eigenvalue weighted by Gasteiger charge is -2.03. The molecule has 0 bridgehead atoms. The molecule has 2 heterocycles. The Labute approximate surface area is 204 Å². The van der Waals surface area contributed by atoms with Gasteiger partial charge >= 0.3 is 0 Å². The van der Waals surface area contributed by atoms with Gasteiger partial charge < -0.3 is 20.7 Å². The molecule has 7 nitrogen and oxygen atoms in total. The van der Waals surface area contributed by atoms with Gasteiger partial charge in [-0.05, 0) is 35.1 Å². The molecule has 0 fully saturated rings. The molecule has 7 heteroatoms. The normalized spacial score (nSPS) is 17.6. The number of rotatable bonds is 2. The van der Waals surface area contributed by atoms with Gasteiger partial charge in [0.15, 0.2) is 0 Å². The van der Waals surface area contributed by atoms with Crippen molar-refractivity contribution in [2.24, 2.45) is 0 Å². The average Bonchev–Trinajstić information content (AvgIpc) is 3.57. The van der Waals surface area contributed by atoms with Crippen LogP contribution in [0, 0.1) is 0 Å². The van der Waals surface area contributed by atoms with Crippen LogP contribution >= 0.6 is 0 Å². The molecule has 0 saturated carbocycles. The van der Waals surface area contributed by atoms with Gasteiger partial charge in [0.2, 0.25) is 11.6 Å². The van der Waals surface area contributed by atoms with Gasteiger partial charge in [0.1, 0.15) is 17.4 Å². The Kier molecular flexibility index (Phi) is 4.16. The van der Waals surface area contributed by atoms with Crippen molar-refractivity contribution in [2.75, 3.05) is 10.6 Å². The molecule has 0 unspecified atom stereocenters. The fraction of sp³-hybridized carbons (Fsp3) is 0. The standard InChI is InChI=1S/C29H18N4O3/c34-27-19(13-23-30-21-11-9-15-5-1-3-7-17(15)25(21)32-23)28(35)29(36)20(27)14-24-31-22-12-10-16-6-2-4-8-18(16)26(22)33-24/h1-14,30,32,34H,(H,31,33)/b20-14-,23-13+. The first-order valence-electron chi connectivity index (χ1n) is 11.5. The molecule has 2 aliphatic rings. The number of fused-ring (bicyclic) bond motifs is 6. The molecule has 7 rings (SSSR count). The number of aliphatic hydroxyl groups excluding tert-OH is 1. The van der Waals surface area contributed by atoms with Crippen LogP contribution in [0.5, 0.6) is 0 Å². The summed E-state index contributed by atoms with van der Waals surface area (Å²) in [4.78, 5) is 33.3. The second kappa shape index (κ2) is 7.41. The van der Waals surface area contributed by atoms with Crippen molar-refractivity contribution < 1.29 is 14.7 Å². The number of imidazole rings is 1. The maximum atomic E-state index is 12.8. The number of ketones is 2. The maximum Gasteiger partial charge on any atom is 0.237 e. The second-order valence-electron chi connectivity index (χ2n) is 8.80. The van der Waals surface area contributed by atoms with Crippen LogP contribution in [0.4, 0.5) is 11.4 Å². The number of aromatic nitrogens is 2. The highest BCUT2D eigenvalue weighted by molar-refractivity contribution is 6.54. The number of nitrogens with zero attached hydrogens (tertiary/aromatic N) is 1. The molecule has 4 aromatic carbocycles. The van der Waals surface area contributed by atoms with E-state index in [0.717, 1.165) is 44.0 Å². The van der Waals surface area contributed by atoms with E-state index in [1.54, 1.807) is 0 Å². The number of carbonyl (C=O) groups excluding carboxylic acids is 2. The van der Waals surface area contributed by atoms with Gasteiger partial charge in [-0.2, -0.15) is 0 Å². The van der Waals surface area contributed by atoms with E-state index in [1.165, 1.54) is 12.2 Å². The molecule has 0 spiro atoms. The first kappa shape index (κ1) is 20.2.